The van der Waals surface area contributed by atoms with Crippen LogP contribution in [-0.4, -0.2) is 77.5 Å². The molecule has 0 radical (unpaired) electrons. The molecule has 0 unspecified atom stereocenters. The van der Waals surface area contributed by atoms with Gasteiger partial charge in [0.25, 0.3) is 5.91 Å². The standard InChI is InChI=1S/C23H28FN5O3/c1-16-20(23(31)29-9-11-32-12-10-29)13-25-22(26-16)17-3-2-8-28(14-17)15-21(30)27-19-6-4-18(24)5-7-19/h4-7,13,17H,2-3,8-12,14-15H2,1H3,(H,27,30)/t17-/m0/s1. The summed E-state index contributed by atoms with van der Waals surface area (Å²) < 4.78 is 18.4. The number of piperidine rings is 1. The Morgan fingerprint density at radius 1 is 1.19 bits per heavy atom. The lowest BCUT2D eigenvalue weighted by Gasteiger charge is -2.31. The Kier molecular flexibility index (Phi) is 7.06. The molecular weight excluding hydrogens is 413 g/mol. The minimum absolute atomic E-state index is 0.0555. The summed E-state index contributed by atoms with van der Waals surface area (Å²) in [7, 11) is 0. The molecule has 0 bridgehead atoms. The highest BCUT2D eigenvalue weighted by Crippen LogP contribution is 2.25. The Labute approximate surface area is 186 Å². The molecule has 1 aromatic heterocycles. The lowest BCUT2D eigenvalue weighted by Crippen LogP contribution is -2.41. The van der Waals surface area contributed by atoms with E-state index in [1.54, 1.807) is 23.2 Å². The number of aromatic nitrogens is 2. The van der Waals surface area contributed by atoms with E-state index in [4.69, 9.17) is 4.74 Å². The zero-order valence-corrected chi connectivity index (χ0v) is 18.2. The maximum atomic E-state index is 13.0. The molecule has 9 heteroatoms. The highest BCUT2D eigenvalue weighted by Gasteiger charge is 2.27. The van der Waals surface area contributed by atoms with E-state index in [-0.39, 0.29) is 30.1 Å². The van der Waals surface area contributed by atoms with E-state index in [9.17, 15) is 14.0 Å². The molecule has 2 fully saturated rings. The van der Waals surface area contributed by atoms with Crippen LogP contribution in [0, 0.1) is 12.7 Å². The summed E-state index contributed by atoms with van der Waals surface area (Å²) in [5.41, 5.74) is 1.78. The van der Waals surface area contributed by atoms with Gasteiger partial charge in [-0.25, -0.2) is 14.4 Å². The second-order valence-corrected chi connectivity index (χ2v) is 8.26. The average molecular weight is 442 g/mol. The topological polar surface area (TPSA) is 87.7 Å². The van der Waals surface area contributed by atoms with Crippen LogP contribution in [0.2, 0.25) is 0 Å². The molecule has 2 aliphatic heterocycles. The number of aryl methyl sites for hydroxylation is 1. The number of carbonyl (C=O) groups is 2. The molecule has 4 rings (SSSR count). The van der Waals surface area contributed by atoms with Crippen molar-refractivity contribution in [2.24, 2.45) is 0 Å². The SMILES string of the molecule is Cc1nc([C@H]2CCCN(CC(=O)Nc3ccc(F)cc3)C2)ncc1C(=O)N1CCOCC1. The number of hydrogen-bond acceptors (Lipinski definition) is 6. The number of ether oxygens (including phenoxy) is 1. The Morgan fingerprint density at radius 3 is 2.66 bits per heavy atom. The predicted molar refractivity (Wildman–Crippen MR) is 117 cm³/mol. The highest BCUT2D eigenvalue weighted by molar-refractivity contribution is 5.95. The van der Waals surface area contributed by atoms with Gasteiger partial charge in [0.2, 0.25) is 5.91 Å². The van der Waals surface area contributed by atoms with E-state index in [0.29, 0.717) is 55.6 Å². The summed E-state index contributed by atoms with van der Waals surface area (Å²) in [4.78, 5) is 38.2. The number of amides is 2. The number of benzene rings is 1. The Morgan fingerprint density at radius 2 is 1.94 bits per heavy atom. The van der Waals surface area contributed by atoms with E-state index in [1.165, 1.54) is 12.1 Å². The Bertz CT molecular complexity index is 963. The van der Waals surface area contributed by atoms with Gasteiger partial charge in [-0.2, -0.15) is 0 Å². The van der Waals surface area contributed by atoms with Gasteiger partial charge in [-0.05, 0) is 50.6 Å². The van der Waals surface area contributed by atoms with Gasteiger partial charge in [-0.15, -0.1) is 0 Å². The molecule has 2 aliphatic rings. The first-order chi connectivity index (χ1) is 15.5. The number of morpholine rings is 1. The summed E-state index contributed by atoms with van der Waals surface area (Å²) in [6.07, 6.45) is 3.51. The van der Waals surface area contributed by atoms with E-state index < -0.39 is 0 Å². The first-order valence-corrected chi connectivity index (χ1v) is 11.0. The number of halogens is 1. The fraction of sp³-hybridized carbons (Fsp3) is 0.478. The van der Waals surface area contributed by atoms with Gasteiger partial charge in [0.1, 0.15) is 11.6 Å². The first-order valence-electron chi connectivity index (χ1n) is 11.0. The molecule has 2 aromatic rings. The summed E-state index contributed by atoms with van der Waals surface area (Å²) in [6, 6.07) is 5.73. The van der Waals surface area contributed by atoms with Crippen molar-refractivity contribution < 1.29 is 18.7 Å². The number of rotatable bonds is 5. The quantitative estimate of drug-likeness (QED) is 0.766. The average Bonchev–Trinajstić information content (AvgIpc) is 2.81. The van der Waals surface area contributed by atoms with Gasteiger partial charge in [0, 0.05) is 37.4 Å². The van der Waals surface area contributed by atoms with Crippen LogP contribution in [0.1, 0.15) is 40.6 Å². The Balaban J connectivity index is 1.36. The van der Waals surface area contributed by atoms with Crippen molar-refractivity contribution in [2.45, 2.75) is 25.7 Å². The number of hydrogen-bond donors (Lipinski definition) is 1. The van der Waals surface area contributed by atoms with Crippen LogP contribution in [0.5, 0.6) is 0 Å². The minimum Gasteiger partial charge on any atom is -0.378 e. The summed E-state index contributed by atoms with van der Waals surface area (Å²) in [5.74, 6) is 0.286. The number of likely N-dealkylation sites (tertiary alicyclic amines) is 1. The first kappa shape index (κ1) is 22.3. The maximum Gasteiger partial charge on any atom is 0.257 e. The summed E-state index contributed by atoms with van der Waals surface area (Å²) >= 11 is 0. The molecule has 1 N–H and O–H groups in total. The van der Waals surface area contributed by atoms with Gasteiger partial charge in [0.05, 0.1) is 31.0 Å². The molecule has 170 valence electrons. The lowest BCUT2D eigenvalue weighted by molar-refractivity contribution is -0.117. The molecule has 0 spiro atoms. The maximum absolute atomic E-state index is 13.0. The third-order valence-electron chi connectivity index (χ3n) is 5.89. The molecule has 0 aliphatic carbocycles. The molecule has 0 saturated carbocycles. The van der Waals surface area contributed by atoms with Crippen LogP contribution < -0.4 is 5.32 Å². The van der Waals surface area contributed by atoms with Crippen LogP contribution in [0.4, 0.5) is 10.1 Å². The van der Waals surface area contributed by atoms with Crippen molar-refractivity contribution >= 4 is 17.5 Å². The van der Waals surface area contributed by atoms with Gasteiger partial charge >= 0.3 is 0 Å². The highest BCUT2D eigenvalue weighted by atomic mass is 19.1. The van der Waals surface area contributed by atoms with Gasteiger partial charge in [-0.1, -0.05) is 0 Å². The second kappa shape index (κ2) is 10.1. The van der Waals surface area contributed by atoms with Crippen molar-refractivity contribution in [1.82, 2.24) is 19.8 Å². The van der Waals surface area contributed by atoms with Gasteiger partial charge < -0.3 is 15.0 Å². The summed E-state index contributed by atoms with van der Waals surface area (Å²) in [6.45, 7) is 5.85. The van der Waals surface area contributed by atoms with Crippen LogP contribution in [0.25, 0.3) is 0 Å². The lowest BCUT2D eigenvalue weighted by atomic mass is 9.97. The molecule has 2 amide bonds. The second-order valence-electron chi connectivity index (χ2n) is 8.26. The van der Waals surface area contributed by atoms with E-state index in [0.717, 1.165) is 19.4 Å². The molecule has 1 aromatic carbocycles. The van der Waals surface area contributed by atoms with Crippen molar-refractivity contribution in [2.75, 3.05) is 51.3 Å². The number of anilines is 1. The van der Waals surface area contributed by atoms with Crippen molar-refractivity contribution in [1.29, 1.82) is 0 Å². The Hall–Kier alpha value is -2.91. The van der Waals surface area contributed by atoms with E-state index >= 15 is 0 Å². The number of nitrogens with zero attached hydrogens (tertiary/aromatic N) is 4. The zero-order chi connectivity index (χ0) is 22.5. The monoisotopic (exact) mass is 441 g/mol. The number of carbonyl (C=O) groups excluding carboxylic acids is 2. The molecule has 1 atom stereocenters. The van der Waals surface area contributed by atoms with Gasteiger partial charge in [-0.3, -0.25) is 14.5 Å². The summed E-state index contributed by atoms with van der Waals surface area (Å²) in [5, 5.41) is 2.80. The largest absolute Gasteiger partial charge is 0.378 e. The third kappa shape index (κ3) is 5.46. The van der Waals surface area contributed by atoms with Crippen molar-refractivity contribution in [3.8, 4) is 0 Å². The van der Waals surface area contributed by atoms with Gasteiger partial charge in [0.15, 0.2) is 0 Å². The zero-order valence-electron chi connectivity index (χ0n) is 18.2. The molecule has 3 heterocycles. The third-order valence-corrected chi connectivity index (χ3v) is 5.89. The molecular formula is C23H28FN5O3. The van der Waals surface area contributed by atoms with E-state index in [1.807, 2.05) is 6.92 Å². The van der Waals surface area contributed by atoms with E-state index in [2.05, 4.69) is 20.2 Å². The fourth-order valence-electron chi connectivity index (χ4n) is 4.18. The normalized spacial score (nSPS) is 19.6. The predicted octanol–water partition coefficient (Wildman–Crippen LogP) is 2.21. The molecule has 32 heavy (non-hydrogen) atoms. The van der Waals surface area contributed by atoms with Crippen LogP contribution in [-0.2, 0) is 9.53 Å². The van der Waals surface area contributed by atoms with Crippen LogP contribution >= 0.6 is 0 Å². The smallest absolute Gasteiger partial charge is 0.257 e. The minimum atomic E-state index is -0.338. The van der Waals surface area contributed by atoms with Crippen LogP contribution in [0.3, 0.4) is 0 Å². The van der Waals surface area contributed by atoms with Crippen molar-refractivity contribution in [3.05, 3.63) is 53.4 Å². The molecule has 2 saturated heterocycles. The fourth-order valence-corrected chi connectivity index (χ4v) is 4.18. The van der Waals surface area contributed by atoms with Crippen molar-refractivity contribution in [3.63, 3.8) is 0 Å². The van der Waals surface area contributed by atoms with Crippen LogP contribution in [0.15, 0.2) is 30.5 Å². The number of nitrogens with one attached hydrogen (secondary N) is 1. The molecule has 8 nitrogen and oxygen atoms in total.